The second kappa shape index (κ2) is 12.7. The van der Waals surface area contributed by atoms with Crippen LogP contribution in [-0.4, -0.2) is 86.6 Å². The molecule has 1 heterocycles. The first-order valence-corrected chi connectivity index (χ1v) is 11.3. The van der Waals surface area contributed by atoms with Gasteiger partial charge in [0.2, 0.25) is 5.91 Å². The molecule has 1 fully saturated rings. The minimum Gasteiger partial charge on any atom is -0.497 e. The van der Waals surface area contributed by atoms with Gasteiger partial charge in [-0.1, -0.05) is 0 Å². The number of amides is 2. The predicted molar refractivity (Wildman–Crippen MR) is 128 cm³/mol. The third kappa shape index (κ3) is 7.39. The average Bonchev–Trinajstić information content (AvgIpc) is 2.87. The van der Waals surface area contributed by atoms with Crippen LogP contribution < -0.4 is 14.8 Å². The average molecular weight is 487 g/mol. The molecule has 11 heteroatoms. The number of benzene rings is 2. The van der Waals surface area contributed by atoms with Gasteiger partial charge in [-0.3, -0.25) is 24.6 Å². The Hall–Kier alpha value is -3.70. The van der Waals surface area contributed by atoms with Gasteiger partial charge in [-0.2, -0.15) is 0 Å². The minimum absolute atomic E-state index is 0.0743. The van der Waals surface area contributed by atoms with Crippen LogP contribution in [-0.2, 0) is 9.53 Å². The molecule has 11 nitrogen and oxygen atoms in total. The van der Waals surface area contributed by atoms with E-state index in [2.05, 4.69) is 5.32 Å². The molecule has 0 saturated carbocycles. The Morgan fingerprint density at radius 1 is 1.03 bits per heavy atom. The van der Waals surface area contributed by atoms with Gasteiger partial charge in [0, 0.05) is 58.6 Å². The molecule has 0 bridgehead atoms. The fraction of sp³-hybridized carbons (Fsp3) is 0.417. The van der Waals surface area contributed by atoms with Gasteiger partial charge in [-0.25, -0.2) is 0 Å². The normalized spacial score (nSPS) is 13.8. The number of nitrogens with one attached hydrogen (secondary N) is 1. The molecule has 0 spiro atoms. The van der Waals surface area contributed by atoms with Crippen LogP contribution in [0.3, 0.4) is 0 Å². The van der Waals surface area contributed by atoms with Gasteiger partial charge >= 0.3 is 0 Å². The zero-order valence-electron chi connectivity index (χ0n) is 19.9. The highest BCUT2D eigenvalue weighted by Crippen LogP contribution is 2.31. The summed E-state index contributed by atoms with van der Waals surface area (Å²) in [5.41, 5.74) is -0.0847. The van der Waals surface area contributed by atoms with Gasteiger partial charge in [0.15, 0.2) is 0 Å². The standard InChI is InChI=1S/C24H30N4O7/c1-33-15-3-10-25-23(29)17-26-11-13-27(14-12-26)24(30)21-16-18(28(31)32)4-9-22(21)35-20-7-5-19(34-2)6-8-20/h4-9,16H,3,10-15,17H2,1-2H3,(H,25,29). The van der Waals surface area contributed by atoms with Crippen LogP contribution in [0, 0.1) is 10.1 Å². The summed E-state index contributed by atoms with van der Waals surface area (Å²) in [6, 6.07) is 10.8. The lowest BCUT2D eigenvalue weighted by molar-refractivity contribution is -0.384. The van der Waals surface area contributed by atoms with Crippen LogP contribution in [0.5, 0.6) is 17.2 Å². The number of non-ortho nitro benzene ring substituents is 1. The molecule has 3 rings (SSSR count). The fourth-order valence-electron chi connectivity index (χ4n) is 3.64. The lowest BCUT2D eigenvalue weighted by atomic mass is 10.1. The number of ether oxygens (including phenoxy) is 3. The molecule has 1 aliphatic heterocycles. The summed E-state index contributed by atoms with van der Waals surface area (Å²) in [5, 5.41) is 14.2. The Labute approximate surface area is 203 Å². The number of carbonyl (C=O) groups is 2. The second-order valence-electron chi connectivity index (χ2n) is 7.98. The number of piperazine rings is 1. The van der Waals surface area contributed by atoms with Gasteiger partial charge in [0.1, 0.15) is 17.2 Å². The van der Waals surface area contributed by atoms with E-state index in [1.807, 2.05) is 4.90 Å². The third-order valence-electron chi connectivity index (χ3n) is 5.57. The number of methoxy groups -OCH3 is 2. The van der Waals surface area contributed by atoms with Crippen molar-refractivity contribution in [2.75, 3.05) is 60.1 Å². The van der Waals surface area contributed by atoms with Crippen molar-refractivity contribution in [1.29, 1.82) is 0 Å². The van der Waals surface area contributed by atoms with Crippen molar-refractivity contribution in [1.82, 2.24) is 15.1 Å². The molecule has 2 aromatic carbocycles. The molecule has 0 aliphatic carbocycles. The summed E-state index contributed by atoms with van der Waals surface area (Å²) in [6.45, 7) is 3.19. The predicted octanol–water partition coefficient (Wildman–Crippen LogP) is 2.31. The number of carbonyl (C=O) groups excluding carboxylic acids is 2. The van der Waals surface area contributed by atoms with Crippen molar-refractivity contribution < 1.29 is 28.7 Å². The van der Waals surface area contributed by atoms with Gasteiger partial charge in [0.25, 0.3) is 11.6 Å². The Morgan fingerprint density at radius 2 is 1.71 bits per heavy atom. The topological polar surface area (TPSA) is 123 Å². The summed E-state index contributed by atoms with van der Waals surface area (Å²) < 4.78 is 16.0. The zero-order valence-corrected chi connectivity index (χ0v) is 19.9. The van der Waals surface area contributed by atoms with E-state index in [1.165, 1.54) is 18.2 Å². The van der Waals surface area contributed by atoms with Gasteiger partial charge in [-0.15, -0.1) is 0 Å². The van der Waals surface area contributed by atoms with Crippen molar-refractivity contribution in [2.45, 2.75) is 6.42 Å². The molecular weight excluding hydrogens is 456 g/mol. The van der Waals surface area contributed by atoms with Gasteiger partial charge < -0.3 is 24.4 Å². The maximum absolute atomic E-state index is 13.3. The Balaban J connectivity index is 1.65. The third-order valence-corrected chi connectivity index (χ3v) is 5.57. The molecule has 1 N–H and O–H groups in total. The second-order valence-corrected chi connectivity index (χ2v) is 7.98. The molecule has 2 amide bonds. The number of hydrogen-bond donors (Lipinski definition) is 1. The largest absolute Gasteiger partial charge is 0.497 e. The smallest absolute Gasteiger partial charge is 0.270 e. The van der Waals surface area contributed by atoms with E-state index in [0.29, 0.717) is 50.8 Å². The van der Waals surface area contributed by atoms with E-state index < -0.39 is 4.92 Å². The van der Waals surface area contributed by atoms with Crippen LogP contribution in [0.1, 0.15) is 16.8 Å². The van der Waals surface area contributed by atoms with Crippen LogP contribution >= 0.6 is 0 Å². The number of nitrogens with zero attached hydrogens (tertiary/aromatic N) is 3. The Kier molecular flexibility index (Phi) is 9.39. The van der Waals surface area contributed by atoms with E-state index in [1.54, 1.807) is 43.4 Å². The first kappa shape index (κ1) is 25.9. The minimum atomic E-state index is -0.545. The first-order chi connectivity index (χ1) is 16.9. The maximum Gasteiger partial charge on any atom is 0.270 e. The highest BCUT2D eigenvalue weighted by atomic mass is 16.6. The highest BCUT2D eigenvalue weighted by molar-refractivity contribution is 5.97. The number of nitro groups is 1. The molecule has 35 heavy (non-hydrogen) atoms. The van der Waals surface area contributed by atoms with Gasteiger partial charge in [-0.05, 0) is 36.8 Å². The molecule has 0 aromatic heterocycles. The van der Waals surface area contributed by atoms with Gasteiger partial charge in [0.05, 0.1) is 24.1 Å². The van der Waals surface area contributed by atoms with Crippen LogP contribution in [0.15, 0.2) is 42.5 Å². The molecular formula is C24H30N4O7. The van der Waals surface area contributed by atoms with Crippen molar-refractivity contribution in [2.24, 2.45) is 0 Å². The maximum atomic E-state index is 13.3. The van der Waals surface area contributed by atoms with Crippen molar-refractivity contribution >= 4 is 17.5 Å². The number of hydrogen-bond acceptors (Lipinski definition) is 8. The summed E-state index contributed by atoms with van der Waals surface area (Å²) in [5.74, 6) is 0.910. The SMILES string of the molecule is COCCCNC(=O)CN1CCN(C(=O)c2cc([N+](=O)[O-])ccc2Oc2ccc(OC)cc2)CC1. The lowest BCUT2D eigenvalue weighted by Gasteiger charge is -2.34. The van der Waals surface area contributed by atoms with Crippen molar-refractivity contribution in [3.63, 3.8) is 0 Å². The fourth-order valence-corrected chi connectivity index (χ4v) is 3.64. The number of rotatable bonds is 11. The molecule has 0 unspecified atom stereocenters. The highest BCUT2D eigenvalue weighted by Gasteiger charge is 2.27. The van der Waals surface area contributed by atoms with E-state index in [0.717, 1.165) is 6.42 Å². The number of nitro benzene ring substituents is 1. The summed E-state index contributed by atoms with van der Waals surface area (Å²) >= 11 is 0. The quantitative estimate of drug-likeness (QED) is 0.292. The summed E-state index contributed by atoms with van der Waals surface area (Å²) in [4.78, 5) is 39.8. The zero-order chi connectivity index (χ0) is 25.2. The van der Waals surface area contributed by atoms with E-state index >= 15 is 0 Å². The molecule has 2 aromatic rings. The summed E-state index contributed by atoms with van der Waals surface area (Å²) in [6.07, 6.45) is 0.745. The van der Waals surface area contributed by atoms with Crippen LogP contribution in [0.2, 0.25) is 0 Å². The van der Waals surface area contributed by atoms with Crippen LogP contribution in [0.25, 0.3) is 0 Å². The molecule has 1 saturated heterocycles. The monoisotopic (exact) mass is 486 g/mol. The van der Waals surface area contributed by atoms with Crippen LogP contribution in [0.4, 0.5) is 5.69 Å². The first-order valence-electron chi connectivity index (χ1n) is 11.3. The van der Waals surface area contributed by atoms with Crippen molar-refractivity contribution in [3.8, 4) is 17.2 Å². The van der Waals surface area contributed by atoms with E-state index in [9.17, 15) is 19.7 Å². The van der Waals surface area contributed by atoms with E-state index in [4.69, 9.17) is 14.2 Å². The Bertz CT molecular complexity index is 1020. The molecule has 0 atom stereocenters. The molecule has 188 valence electrons. The van der Waals surface area contributed by atoms with E-state index in [-0.39, 0.29) is 35.4 Å². The molecule has 0 radical (unpaired) electrons. The Morgan fingerprint density at radius 3 is 2.34 bits per heavy atom. The summed E-state index contributed by atoms with van der Waals surface area (Å²) in [7, 11) is 3.17. The van der Waals surface area contributed by atoms with Crippen molar-refractivity contribution in [3.05, 3.63) is 58.1 Å². The molecule has 1 aliphatic rings. The lowest BCUT2D eigenvalue weighted by Crippen LogP contribution is -2.51.